The van der Waals surface area contributed by atoms with Gasteiger partial charge in [0.15, 0.2) is 5.69 Å². The smallest absolute Gasteiger partial charge is 0.274 e. The van der Waals surface area contributed by atoms with E-state index in [4.69, 9.17) is 5.10 Å². The van der Waals surface area contributed by atoms with Crippen LogP contribution in [0.4, 0.5) is 10.1 Å². The minimum absolute atomic E-state index is 0.0442. The molecule has 0 N–H and O–H groups in total. The predicted octanol–water partition coefficient (Wildman–Crippen LogP) is 5.63. The van der Waals surface area contributed by atoms with Crippen LogP contribution in [0.1, 0.15) is 35.3 Å². The van der Waals surface area contributed by atoms with Gasteiger partial charge in [0.2, 0.25) is 0 Å². The largest absolute Gasteiger partial charge is 0.372 e. The predicted molar refractivity (Wildman–Crippen MR) is 153 cm³/mol. The zero-order valence-corrected chi connectivity index (χ0v) is 22.2. The van der Waals surface area contributed by atoms with Gasteiger partial charge in [-0.05, 0) is 67.3 Å². The molecule has 4 aromatic rings. The van der Waals surface area contributed by atoms with Crippen molar-refractivity contribution in [2.45, 2.75) is 25.8 Å². The topological polar surface area (TPSA) is 44.6 Å². The Labute approximate surface area is 229 Å². The lowest BCUT2D eigenvalue weighted by molar-refractivity contribution is 0.0622. The number of amides is 1. The molecule has 2 aliphatic heterocycles. The molecule has 6 nitrogen and oxygen atoms in total. The van der Waals surface area contributed by atoms with Gasteiger partial charge >= 0.3 is 0 Å². The van der Waals surface area contributed by atoms with E-state index in [9.17, 15) is 9.18 Å². The molecule has 3 aromatic carbocycles. The molecule has 200 valence electrons. The third-order valence-electron chi connectivity index (χ3n) is 7.79. The van der Waals surface area contributed by atoms with Crippen LogP contribution in [-0.2, 0) is 6.54 Å². The minimum atomic E-state index is -0.221. The molecule has 2 saturated heterocycles. The molecule has 39 heavy (non-hydrogen) atoms. The number of hydrogen-bond acceptors (Lipinski definition) is 4. The van der Waals surface area contributed by atoms with Gasteiger partial charge < -0.3 is 9.80 Å². The highest BCUT2D eigenvalue weighted by molar-refractivity contribution is 5.93. The van der Waals surface area contributed by atoms with Crippen LogP contribution >= 0.6 is 0 Å². The van der Waals surface area contributed by atoms with Gasteiger partial charge in [0.25, 0.3) is 5.91 Å². The molecule has 2 fully saturated rings. The van der Waals surface area contributed by atoms with Gasteiger partial charge in [0, 0.05) is 57.1 Å². The second kappa shape index (κ2) is 11.4. The maximum atomic E-state index is 13.6. The summed E-state index contributed by atoms with van der Waals surface area (Å²) >= 11 is 0. The van der Waals surface area contributed by atoms with Crippen LogP contribution in [-0.4, -0.2) is 64.8 Å². The van der Waals surface area contributed by atoms with Crippen molar-refractivity contribution >= 4 is 11.6 Å². The van der Waals surface area contributed by atoms with Crippen molar-refractivity contribution in [1.29, 1.82) is 0 Å². The van der Waals surface area contributed by atoms with Crippen molar-refractivity contribution in [2.75, 3.05) is 44.2 Å². The van der Waals surface area contributed by atoms with Crippen LogP contribution in [0.25, 0.3) is 16.9 Å². The van der Waals surface area contributed by atoms with Gasteiger partial charge in [-0.3, -0.25) is 9.69 Å². The minimum Gasteiger partial charge on any atom is -0.372 e. The highest BCUT2D eigenvalue weighted by Crippen LogP contribution is 2.28. The number of piperidine rings is 1. The zero-order chi connectivity index (χ0) is 26.6. The number of halogens is 1. The number of rotatable bonds is 6. The monoisotopic (exact) mass is 523 g/mol. The summed E-state index contributed by atoms with van der Waals surface area (Å²) in [6.07, 6.45) is 3.80. The lowest BCUT2D eigenvalue weighted by atomic mass is 10.1. The van der Waals surface area contributed by atoms with E-state index in [1.54, 1.807) is 0 Å². The fraction of sp³-hybridized carbons (Fsp3) is 0.312. The third-order valence-corrected chi connectivity index (χ3v) is 7.79. The van der Waals surface area contributed by atoms with Crippen molar-refractivity contribution in [3.05, 3.63) is 102 Å². The SMILES string of the molecule is O=C(c1cc(-c2ccc(N3CCCCC3)cc2)n(-c2ccccc2)n1)N1CCN(Cc2ccc(F)cc2)CC1. The number of benzene rings is 3. The van der Waals surface area contributed by atoms with E-state index in [0.717, 1.165) is 55.2 Å². The first-order valence-electron chi connectivity index (χ1n) is 13.9. The van der Waals surface area contributed by atoms with E-state index in [1.165, 1.54) is 37.1 Å². The number of piperazine rings is 1. The lowest BCUT2D eigenvalue weighted by Gasteiger charge is -2.34. The summed E-state index contributed by atoms with van der Waals surface area (Å²) in [6, 6.07) is 27.2. The highest BCUT2D eigenvalue weighted by atomic mass is 19.1. The molecule has 3 heterocycles. The van der Waals surface area contributed by atoms with Crippen LogP contribution in [0.5, 0.6) is 0 Å². The molecule has 2 aliphatic rings. The molecular formula is C32H34FN5O. The summed E-state index contributed by atoms with van der Waals surface area (Å²) in [5.74, 6) is -0.265. The highest BCUT2D eigenvalue weighted by Gasteiger charge is 2.25. The van der Waals surface area contributed by atoms with Crippen molar-refractivity contribution < 1.29 is 9.18 Å². The third kappa shape index (κ3) is 5.73. The molecule has 0 aliphatic carbocycles. The van der Waals surface area contributed by atoms with Crippen molar-refractivity contribution in [2.24, 2.45) is 0 Å². The Morgan fingerprint density at radius 1 is 0.744 bits per heavy atom. The quantitative estimate of drug-likeness (QED) is 0.329. The summed E-state index contributed by atoms with van der Waals surface area (Å²) in [5, 5.41) is 4.81. The average molecular weight is 524 g/mol. The Morgan fingerprint density at radius 2 is 1.44 bits per heavy atom. The molecule has 6 rings (SSSR count). The molecule has 1 amide bonds. The Hall–Kier alpha value is -3.97. The second-order valence-electron chi connectivity index (χ2n) is 10.5. The summed E-state index contributed by atoms with van der Waals surface area (Å²) in [6.45, 7) is 5.79. The molecule has 0 unspecified atom stereocenters. The number of carbonyl (C=O) groups is 1. The van der Waals surface area contributed by atoms with Gasteiger partial charge in [-0.15, -0.1) is 0 Å². The molecular weight excluding hydrogens is 489 g/mol. The maximum Gasteiger partial charge on any atom is 0.274 e. The first kappa shape index (κ1) is 25.3. The normalized spacial score (nSPS) is 16.4. The van der Waals surface area contributed by atoms with Gasteiger partial charge in [-0.1, -0.05) is 42.5 Å². The van der Waals surface area contributed by atoms with Gasteiger partial charge in [-0.25, -0.2) is 9.07 Å². The summed E-state index contributed by atoms with van der Waals surface area (Å²) in [5.41, 5.74) is 5.66. The Morgan fingerprint density at radius 3 is 2.13 bits per heavy atom. The number of aromatic nitrogens is 2. The fourth-order valence-electron chi connectivity index (χ4n) is 5.57. The molecule has 0 spiro atoms. The average Bonchev–Trinajstić information content (AvgIpc) is 3.45. The van der Waals surface area contributed by atoms with Crippen LogP contribution < -0.4 is 4.90 Å². The molecule has 1 aromatic heterocycles. The van der Waals surface area contributed by atoms with E-state index in [0.29, 0.717) is 18.8 Å². The summed E-state index contributed by atoms with van der Waals surface area (Å²) in [4.78, 5) is 20.2. The molecule has 0 bridgehead atoms. The molecule has 0 radical (unpaired) electrons. The second-order valence-corrected chi connectivity index (χ2v) is 10.5. The van der Waals surface area contributed by atoms with Gasteiger partial charge in [-0.2, -0.15) is 5.10 Å². The van der Waals surface area contributed by atoms with Gasteiger partial charge in [0.05, 0.1) is 11.4 Å². The lowest BCUT2D eigenvalue weighted by Crippen LogP contribution is -2.48. The van der Waals surface area contributed by atoms with Crippen LogP contribution in [0.15, 0.2) is 84.9 Å². The van der Waals surface area contributed by atoms with Crippen molar-refractivity contribution in [3.8, 4) is 16.9 Å². The standard InChI is InChI=1S/C32H34FN5O/c33-27-13-9-25(10-14-27)24-35-19-21-37(22-20-35)32(39)30-23-31(38(34-30)29-7-3-1-4-8-29)26-11-15-28(16-12-26)36-17-5-2-6-18-36/h1,3-4,7-16,23H,2,5-6,17-22,24H2. The zero-order valence-electron chi connectivity index (χ0n) is 22.2. The number of anilines is 1. The molecule has 0 atom stereocenters. The fourth-order valence-corrected chi connectivity index (χ4v) is 5.57. The molecule has 0 saturated carbocycles. The maximum absolute atomic E-state index is 13.6. The Bertz CT molecular complexity index is 1390. The van der Waals surface area contributed by atoms with E-state index >= 15 is 0 Å². The first-order valence-corrected chi connectivity index (χ1v) is 13.9. The van der Waals surface area contributed by atoms with Crippen molar-refractivity contribution in [1.82, 2.24) is 19.6 Å². The van der Waals surface area contributed by atoms with Gasteiger partial charge in [0.1, 0.15) is 5.82 Å². The summed E-state index contributed by atoms with van der Waals surface area (Å²) < 4.78 is 15.1. The Kier molecular flexibility index (Phi) is 7.41. The van der Waals surface area contributed by atoms with E-state index in [-0.39, 0.29) is 11.7 Å². The van der Waals surface area contributed by atoms with Crippen LogP contribution in [0.2, 0.25) is 0 Å². The molecule has 7 heteroatoms. The summed E-state index contributed by atoms with van der Waals surface area (Å²) in [7, 11) is 0. The van der Waals surface area contributed by atoms with Crippen molar-refractivity contribution in [3.63, 3.8) is 0 Å². The van der Waals surface area contributed by atoms with E-state index < -0.39 is 0 Å². The first-order chi connectivity index (χ1) is 19.1. The number of carbonyl (C=O) groups excluding carboxylic acids is 1. The van der Waals surface area contributed by atoms with E-state index in [2.05, 4.69) is 34.1 Å². The van der Waals surface area contributed by atoms with E-state index in [1.807, 2.05) is 58.1 Å². The van der Waals surface area contributed by atoms with Crippen LogP contribution in [0, 0.1) is 5.82 Å². The number of nitrogens with zero attached hydrogens (tertiary/aromatic N) is 5. The number of hydrogen-bond donors (Lipinski definition) is 0. The van der Waals surface area contributed by atoms with Crippen LogP contribution in [0.3, 0.4) is 0 Å². The Balaban J connectivity index is 1.20. The number of para-hydroxylation sites is 1.